The number of anilines is 1. The van der Waals surface area contributed by atoms with Gasteiger partial charge >= 0.3 is 0 Å². The third-order valence-electron chi connectivity index (χ3n) is 4.93. The summed E-state index contributed by atoms with van der Waals surface area (Å²) in [6.45, 7) is 4.07. The molecule has 0 radical (unpaired) electrons. The summed E-state index contributed by atoms with van der Waals surface area (Å²) in [6, 6.07) is 17.1. The van der Waals surface area contributed by atoms with E-state index in [1.54, 1.807) is 43.3 Å². The number of nitrogens with one attached hydrogen (secondary N) is 2. The maximum absolute atomic E-state index is 12.9. The molecule has 0 atom stereocenters. The highest BCUT2D eigenvalue weighted by molar-refractivity contribution is 7.92. The Balaban J connectivity index is 1.49. The topological polar surface area (TPSA) is 93.7 Å². The van der Waals surface area contributed by atoms with Crippen molar-refractivity contribution in [3.8, 4) is 11.5 Å². The minimum absolute atomic E-state index is 0.0591. The van der Waals surface area contributed by atoms with Crippen LogP contribution in [-0.4, -0.2) is 21.1 Å². The largest absolute Gasteiger partial charge is 0.454 e. The lowest BCUT2D eigenvalue weighted by Gasteiger charge is -2.12. The van der Waals surface area contributed by atoms with Gasteiger partial charge in [-0.25, -0.2) is 8.42 Å². The zero-order valence-electron chi connectivity index (χ0n) is 17.1. The quantitative estimate of drug-likeness (QED) is 0.611. The first-order valence-corrected chi connectivity index (χ1v) is 11.2. The molecule has 8 heteroatoms. The second-order valence-electron chi connectivity index (χ2n) is 7.32. The van der Waals surface area contributed by atoms with Crippen molar-refractivity contribution >= 4 is 21.6 Å². The van der Waals surface area contributed by atoms with Crippen molar-refractivity contribution in [1.29, 1.82) is 0 Å². The molecule has 0 spiro atoms. The van der Waals surface area contributed by atoms with E-state index in [1.165, 1.54) is 6.07 Å². The zero-order valence-corrected chi connectivity index (χ0v) is 18.0. The molecule has 0 saturated carbocycles. The van der Waals surface area contributed by atoms with Crippen LogP contribution >= 0.6 is 0 Å². The van der Waals surface area contributed by atoms with Crippen molar-refractivity contribution in [2.24, 2.45) is 0 Å². The third kappa shape index (κ3) is 4.64. The van der Waals surface area contributed by atoms with Crippen molar-refractivity contribution in [2.75, 3.05) is 11.5 Å². The van der Waals surface area contributed by atoms with Crippen LogP contribution in [0.4, 0.5) is 5.69 Å². The molecule has 31 heavy (non-hydrogen) atoms. The van der Waals surface area contributed by atoms with Crippen LogP contribution in [0.15, 0.2) is 65.6 Å². The van der Waals surface area contributed by atoms with E-state index in [0.29, 0.717) is 22.7 Å². The number of ether oxygens (including phenoxy) is 2. The Hall–Kier alpha value is -3.52. The van der Waals surface area contributed by atoms with E-state index in [1.807, 2.05) is 25.1 Å². The van der Waals surface area contributed by atoms with E-state index >= 15 is 0 Å². The summed E-state index contributed by atoms with van der Waals surface area (Å²) in [5.74, 6) is 0.937. The van der Waals surface area contributed by atoms with E-state index < -0.39 is 10.0 Å². The predicted molar refractivity (Wildman–Crippen MR) is 117 cm³/mol. The molecular weight excluding hydrogens is 416 g/mol. The van der Waals surface area contributed by atoms with Gasteiger partial charge in [0.25, 0.3) is 15.9 Å². The van der Waals surface area contributed by atoms with Crippen molar-refractivity contribution < 1.29 is 22.7 Å². The minimum atomic E-state index is -3.85. The van der Waals surface area contributed by atoms with Crippen LogP contribution in [0.3, 0.4) is 0 Å². The molecular formula is C23H22N2O5S. The second-order valence-corrected chi connectivity index (χ2v) is 8.97. The maximum atomic E-state index is 12.9. The number of carbonyl (C=O) groups excluding carboxylic acids is 1. The Kier molecular flexibility index (Phi) is 5.56. The second kappa shape index (κ2) is 8.31. The van der Waals surface area contributed by atoms with Crippen molar-refractivity contribution in [3.05, 3.63) is 82.9 Å². The lowest BCUT2D eigenvalue weighted by Crippen LogP contribution is -2.23. The highest BCUT2D eigenvalue weighted by atomic mass is 32.2. The van der Waals surface area contributed by atoms with Gasteiger partial charge in [-0.3, -0.25) is 9.52 Å². The zero-order chi connectivity index (χ0) is 22.0. The van der Waals surface area contributed by atoms with E-state index in [2.05, 4.69) is 10.0 Å². The molecule has 0 saturated heterocycles. The molecule has 3 aromatic rings. The summed E-state index contributed by atoms with van der Waals surface area (Å²) in [5, 5.41) is 2.81. The van der Waals surface area contributed by atoms with E-state index in [-0.39, 0.29) is 29.7 Å². The Labute approximate surface area is 181 Å². The van der Waals surface area contributed by atoms with Crippen molar-refractivity contribution in [3.63, 3.8) is 0 Å². The number of hydrogen-bond acceptors (Lipinski definition) is 5. The Morgan fingerprint density at radius 2 is 1.68 bits per heavy atom. The number of benzene rings is 3. The monoisotopic (exact) mass is 438 g/mol. The van der Waals surface area contributed by atoms with Gasteiger partial charge in [-0.05, 0) is 61.4 Å². The minimum Gasteiger partial charge on any atom is -0.454 e. The van der Waals surface area contributed by atoms with Gasteiger partial charge < -0.3 is 14.8 Å². The van der Waals surface area contributed by atoms with Gasteiger partial charge in [0.2, 0.25) is 6.79 Å². The van der Waals surface area contributed by atoms with Crippen LogP contribution < -0.4 is 19.5 Å². The van der Waals surface area contributed by atoms with Crippen LogP contribution in [0.25, 0.3) is 0 Å². The molecule has 1 heterocycles. The average Bonchev–Trinajstić information content (AvgIpc) is 3.21. The Morgan fingerprint density at radius 1 is 0.935 bits per heavy atom. The van der Waals surface area contributed by atoms with Crippen molar-refractivity contribution in [1.82, 2.24) is 5.32 Å². The van der Waals surface area contributed by atoms with Crippen LogP contribution in [0.2, 0.25) is 0 Å². The Morgan fingerprint density at radius 3 is 2.45 bits per heavy atom. The molecule has 0 fully saturated rings. The fourth-order valence-electron chi connectivity index (χ4n) is 3.20. The summed E-state index contributed by atoms with van der Waals surface area (Å²) in [4.78, 5) is 12.7. The van der Waals surface area contributed by atoms with E-state index in [9.17, 15) is 13.2 Å². The number of hydrogen-bond donors (Lipinski definition) is 2. The molecule has 1 amide bonds. The summed E-state index contributed by atoms with van der Waals surface area (Å²) < 4.78 is 39.0. The lowest BCUT2D eigenvalue weighted by atomic mass is 10.1. The van der Waals surface area contributed by atoms with Crippen LogP contribution in [0.5, 0.6) is 11.5 Å². The third-order valence-corrected chi connectivity index (χ3v) is 6.46. The molecule has 2 N–H and O–H groups in total. The molecule has 0 bridgehead atoms. The smallest absolute Gasteiger partial charge is 0.262 e. The molecule has 3 aromatic carbocycles. The predicted octanol–water partition coefficient (Wildman–Crippen LogP) is 3.76. The van der Waals surface area contributed by atoms with Crippen LogP contribution in [-0.2, 0) is 16.6 Å². The summed E-state index contributed by atoms with van der Waals surface area (Å²) in [5.41, 5.74) is 3.14. The highest BCUT2D eigenvalue weighted by Gasteiger charge is 2.20. The summed E-state index contributed by atoms with van der Waals surface area (Å²) in [7, 11) is -3.85. The van der Waals surface area contributed by atoms with Gasteiger partial charge in [0.15, 0.2) is 11.5 Å². The first kappa shape index (κ1) is 20.7. The number of carbonyl (C=O) groups is 1. The Bertz CT molecular complexity index is 1240. The maximum Gasteiger partial charge on any atom is 0.262 e. The fourth-order valence-corrected chi connectivity index (χ4v) is 4.53. The van der Waals surface area contributed by atoms with Crippen LogP contribution in [0, 0.1) is 13.8 Å². The number of aryl methyl sites for hydroxylation is 2. The van der Waals surface area contributed by atoms with Crippen molar-refractivity contribution in [2.45, 2.75) is 25.3 Å². The number of rotatable bonds is 6. The van der Waals surface area contributed by atoms with Gasteiger partial charge in [-0.15, -0.1) is 0 Å². The molecule has 4 rings (SSSR count). The highest BCUT2D eigenvalue weighted by Crippen LogP contribution is 2.32. The van der Waals surface area contributed by atoms with Gasteiger partial charge in [-0.2, -0.15) is 0 Å². The lowest BCUT2D eigenvalue weighted by molar-refractivity contribution is 0.0950. The molecule has 0 unspecified atom stereocenters. The van der Waals surface area contributed by atoms with Gasteiger partial charge in [-0.1, -0.05) is 29.8 Å². The number of amides is 1. The van der Waals surface area contributed by atoms with Gasteiger partial charge in [0.05, 0.1) is 4.90 Å². The van der Waals surface area contributed by atoms with Gasteiger partial charge in [0, 0.05) is 17.8 Å². The van der Waals surface area contributed by atoms with Gasteiger partial charge in [0.1, 0.15) is 0 Å². The fraction of sp³-hybridized carbons (Fsp3) is 0.174. The molecule has 160 valence electrons. The standard InChI is InChI=1S/C23H22N2O5S/c1-15-3-8-19(9-4-15)25-31(27,28)22-12-18(7-5-16(22)2)23(26)24-13-17-6-10-20-21(11-17)30-14-29-20/h3-12,25H,13-14H2,1-2H3,(H,24,26). The van der Waals surface area contributed by atoms with Crippen LogP contribution in [0.1, 0.15) is 27.0 Å². The van der Waals surface area contributed by atoms with E-state index in [4.69, 9.17) is 9.47 Å². The number of sulfonamides is 1. The first-order valence-electron chi connectivity index (χ1n) is 9.69. The first-order chi connectivity index (χ1) is 14.8. The summed E-state index contributed by atoms with van der Waals surface area (Å²) in [6.07, 6.45) is 0. The summed E-state index contributed by atoms with van der Waals surface area (Å²) >= 11 is 0. The number of fused-ring (bicyclic) bond motifs is 1. The molecule has 1 aliphatic rings. The molecule has 7 nitrogen and oxygen atoms in total. The molecule has 0 aliphatic carbocycles. The normalized spacial score (nSPS) is 12.5. The molecule has 1 aliphatic heterocycles. The van der Waals surface area contributed by atoms with E-state index in [0.717, 1.165) is 11.1 Å². The SMILES string of the molecule is Cc1ccc(NS(=O)(=O)c2cc(C(=O)NCc3ccc4c(c3)OCO4)ccc2C)cc1. The molecule has 0 aromatic heterocycles. The average molecular weight is 439 g/mol.